The van der Waals surface area contributed by atoms with Crippen LogP contribution in [-0.4, -0.2) is 9.97 Å². The molecule has 1 heterocycles. The van der Waals surface area contributed by atoms with E-state index in [4.69, 9.17) is 40.5 Å². The molecule has 0 fully saturated rings. The molecule has 0 saturated heterocycles. The fourth-order valence-electron chi connectivity index (χ4n) is 1.27. The molecule has 0 saturated carbocycles. The first-order chi connectivity index (χ1) is 9.08. The van der Waals surface area contributed by atoms with Crippen LogP contribution in [0, 0.1) is 0 Å². The molecule has 2 aromatic rings. The summed E-state index contributed by atoms with van der Waals surface area (Å²) >= 11 is 17.4. The van der Waals surface area contributed by atoms with Gasteiger partial charge in [-0.15, -0.1) is 0 Å². The van der Waals surface area contributed by atoms with Crippen molar-refractivity contribution in [3.63, 3.8) is 0 Å². The lowest BCUT2D eigenvalue weighted by atomic mass is 10.3. The molecule has 0 amide bonds. The Kier molecular flexibility index (Phi) is 4.52. The summed E-state index contributed by atoms with van der Waals surface area (Å²) in [6.45, 7) is 0.140. The molecule has 0 radical (unpaired) electrons. The van der Waals surface area contributed by atoms with Crippen molar-refractivity contribution >= 4 is 46.3 Å². The highest BCUT2D eigenvalue weighted by Gasteiger charge is 2.08. The number of rotatable bonds is 3. The van der Waals surface area contributed by atoms with Gasteiger partial charge >= 0.3 is 0 Å². The predicted molar refractivity (Wildman–Crippen MR) is 76.1 cm³/mol. The average Bonchev–Trinajstić information content (AvgIpc) is 2.38. The lowest BCUT2D eigenvalue weighted by Gasteiger charge is -2.02. The van der Waals surface area contributed by atoms with Crippen LogP contribution in [0.15, 0.2) is 34.5 Å². The molecular formula is C11H8Cl3N5. The fraction of sp³-hybridized carbons (Fsp3) is 0.0909. The zero-order chi connectivity index (χ0) is 13.8. The minimum absolute atomic E-state index is 0.0611. The van der Waals surface area contributed by atoms with Crippen LogP contribution in [0.1, 0.15) is 5.69 Å². The van der Waals surface area contributed by atoms with E-state index in [0.717, 1.165) is 0 Å². The van der Waals surface area contributed by atoms with E-state index in [9.17, 15) is 0 Å². The van der Waals surface area contributed by atoms with Gasteiger partial charge < -0.3 is 5.73 Å². The maximum absolute atomic E-state index is 5.94. The van der Waals surface area contributed by atoms with Crippen LogP contribution in [0.3, 0.4) is 0 Å². The minimum atomic E-state index is 0.0611. The van der Waals surface area contributed by atoms with E-state index in [-0.39, 0.29) is 22.7 Å². The van der Waals surface area contributed by atoms with Gasteiger partial charge in [0.25, 0.3) is 0 Å². The molecule has 0 spiro atoms. The number of nitrogens with zero attached hydrogens (tertiary/aromatic N) is 4. The second-order valence-corrected chi connectivity index (χ2v) is 4.61. The van der Waals surface area contributed by atoms with Crippen molar-refractivity contribution in [1.29, 1.82) is 0 Å². The van der Waals surface area contributed by atoms with E-state index >= 15 is 0 Å². The lowest BCUT2D eigenvalue weighted by Crippen LogP contribution is -2.01. The van der Waals surface area contributed by atoms with Crippen LogP contribution in [0.4, 0.5) is 11.5 Å². The molecule has 0 aliphatic rings. The molecule has 2 N–H and O–H groups in total. The number of hydrogen-bond donors (Lipinski definition) is 1. The third kappa shape index (κ3) is 3.53. The van der Waals surface area contributed by atoms with Crippen LogP contribution < -0.4 is 5.73 Å². The number of halogens is 3. The van der Waals surface area contributed by atoms with Gasteiger partial charge in [0.1, 0.15) is 23.7 Å². The Balaban J connectivity index is 2.15. The SMILES string of the molecule is Nc1nc(Cl)c(Cl)nc1CN=Nc1ccccc1Cl. The molecule has 5 nitrogen and oxygen atoms in total. The smallest absolute Gasteiger partial charge is 0.168 e. The number of azo groups is 1. The van der Waals surface area contributed by atoms with Crippen LogP contribution in [0.25, 0.3) is 0 Å². The maximum atomic E-state index is 5.94. The molecule has 0 unspecified atom stereocenters. The molecule has 98 valence electrons. The summed E-state index contributed by atoms with van der Waals surface area (Å²) in [6.07, 6.45) is 0. The number of aromatic nitrogens is 2. The van der Waals surface area contributed by atoms with Crippen LogP contribution in [0.2, 0.25) is 15.3 Å². The second-order valence-electron chi connectivity index (χ2n) is 3.49. The van der Waals surface area contributed by atoms with Gasteiger partial charge in [0.05, 0.1) is 5.02 Å². The quantitative estimate of drug-likeness (QED) is 0.857. The summed E-state index contributed by atoms with van der Waals surface area (Å²) in [5.41, 5.74) is 6.63. The van der Waals surface area contributed by atoms with E-state index in [2.05, 4.69) is 20.2 Å². The monoisotopic (exact) mass is 315 g/mol. The predicted octanol–water partition coefficient (Wildman–Crippen LogP) is 4.30. The van der Waals surface area contributed by atoms with Crippen molar-refractivity contribution in [2.45, 2.75) is 6.54 Å². The van der Waals surface area contributed by atoms with Crippen LogP contribution in [-0.2, 0) is 6.54 Å². The first-order valence-corrected chi connectivity index (χ1v) is 6.30. The molecule has 0 atom stereocenters. The third-order valence-electron chi connectivity index (χ3n) is 2.17. The summed E-state index contributed by atoms with van der Waals surface area (Å²) < 4.78 is 0. The number of hydrogen-bond acceptors (Lipinski definition) is 5. The normalized spacial score (nSPS) is 11.1. The van der Waals surface area contributed by atoms with E-state index in [1.807, 2.05) is 12.1 Å². The standard InChI is InChI=1S/C11H8Cl3N5/c12-6-3-1-2-4-7(6)19-16-5-8-11(15)18-10(14)9(13)17-8/h1-4H,5H2,(H2,15,18). The van der Waals surface area contributed by atoms with E-state index in [1.165, 1.54) is 0 Å². The van der Waals surface area contributed by atoms with Gasteiger partial charge in [-0.1, -0.05) is 46.9 Å². The fourth-order valence-corrected chi connectivity index (χ4v) is 1.72. The van der Waals surface area contributed by atoms with Crippen molar-refractivity contribution in [1.82, 2.24) is 9.97 Å². The summed E-state index contributed by atoms with van der Waals surface area (Å²) in [7, 11) is 0. The van der Waals surface area contributed by atoms with Crippen LogP contribution in [0.5, 0.6) is 0 Å². The van der Waals surface area contributed by atoms with E-state index in [1.54, 1.807) is 12.1 Å². The zero-order valence-corrected chi connectivity index (χ0v) is 11.8. The molecule has 8 heteroatoms. The molecule has 0 bridgehead atoms. The van der Waals surface area contributed by atoms with Crippen molar-refractivity contribution in [3.8, 4) is 0 Å². The lowest BCUT2D eigenvalue weighted by molar-refractivity contribution is 0.906. The number of anilines is 1. The Morgan fingerprint density at radius 2 is 1.74 bits per heavy atom. The largest absolute Gasteiger partial charge is 0.382 e. The Labute approximate surface area is 124 Å². The third-order valence-corrected chi connectivity index (χ3v) is 3.11. The van der Waals surface area contributed by atoms with Crippen LogP contribution >= 0.6 is 34.8 Å². The topological polar surface area (TPSA) is 76.5 Å². The molecule has 1 aromatic heterocycles. The number of nitrogen functional groups attached to an aromatic ring is 1. The first-order valence-electron chi connectivity index (χ1n) is 5.17. The van der Waals surface area contributed by atoms with Crippen molar-refractivity contribution in [2.24, 2.45) is 10.2 Å². The van der Waals surface area contributed by atoms with Gasteiger partial charge in [-0.2, -0.15) is 10.2 Å². The highest BCUT2D eigenvalue weighted by molar-refractivity contribution is 6.40. The minimum Gasteiger partial charge on any atom is -0.382 e. The van der Waals surface area contributed by atoms with E-state index in [0.29, 0.717) is 16.4 Å². The van der Waals surface area contributed by atoms with Gasteiger partial charge in [0, 0.05) is 0 Å². The molecule has 0 aliphatic carbocycles. The Hall–Kier alpha value is -1.43. The summed E-state index contributed by atoms with van der Waals surface area (Å²) in [5.74, 6) is 0.174. The van der Waals surface area contributed by atoms with Crippen molar-refractivity contribution in [3.05, 3.63) is 45.3 Å². The van der Waals surface area contributed by atoms with Gasteiger partial charge in [-0.25, -0.2) is 9.97 Å². The van der Waals surface area contributed by atoms with Crippen molar-refractivity contribution in [2.75, 3.05) is 5.73 Å². The molecular weight excluding hydrogens is 309 g/mol. The Morgan fingerprint density at radius 1 is 1.05 bits per heavy atom. The van der Waals surface area contributed by atoms with Gasteiger partial charge in [-0.05, 0) is 12.1 Å². The second kappa shape index (κ2) is 6.14. The van der Waals surface area contributed by atoms with E-state index < -0.39 is 0 Å². The highest BCUT2D eigenvalue weighted by atomic mass is 35.5. The average molecular weight is 317 g/mol. The Morgan fingerprint density at radius 3 is 2.47 bits per heavy atom. The van der Waals surface area contributed by atoms with Gasteiger partial charge in [0.2, 0.25) is 0 Å². The maximum Gasteiger partial charge on any atom is 0.168 e. The van der Waals surface area contributed by atoms with Gasteiger partial charge in [0.15, 0.2) is 10.3 Å². The summed E-state index contributed by atoms with van der Waals surface area (Å²) in [5, 5.41) is 8.61. The van der Waals surface area contributed by atoms with Crippen molar-refractivity contribution < 1.29 is 0 Å². The number of nitrogens with two attached hydrogens (primary N) is 1. The molecule has 0 aliphatic heterocycles. The summed E-state index contributed by atoms with van der Waals surface area (Å²) in [6, 6.07) is 7.09. The zero-order valence-electron chi connectivity index (χ0n) is 9.52. The number of benzene rings is 1. The molecule has 2 rings (SSSR count). The Bertz CT molecular complexity index is 630. The van der Waals surface area contributed by atoms with Gasteiger partial charge in [-0.3, -0.25) is 0 Å². The first kappa shape index (κ1) is 14.0. The molecule has 1 aromatic carbocycles. The molecule has 19 heavy (non-hydrogen) atoms. The summed E-state index contributed by atoms with van der Waals surface area (Å²) in [4.78, 5) is 7.82. The highest BCUT2D eigenvalue weighted by Crippen LogP contribution is 2.25.